The normalized spacial score (nSPS) is 16.3. The molecule has 3 heteroatoms. The van der Waals surface area contributed by atoms with E-state index in [2.05, 4.69) is 47.9 Å². The van der Waals surface area contributed by atoms with Gasteiger partial charge in [-0.05, 0) is 32.3 Å². The van der Waals surface area contributed by atoms with Crippen LogP contribution in [0.25, 0.3) is 0 Å². The molecule has 1 saturated heterocycles. The fourth-order valence-corrected chi connectivity index (χ4v) is 2.83. The van der Waals surface area contributed by atoms with Crippen molar-refractivity contribution >= 4 is 5.91 Å². The Bertz CT molecular complexity index is 422. The van der Waals surface area contributed by atoms with Gasteiger partial charge in [-0.25, -0.2) is 0 Å². The van der Waals surface area contributed by atoms with Crippen LogP contribution in [0.4, 0.5) is 0 Å². The number of likely N-dealkylation sites (tertiary alicyclic amines) is 1. The summed E-state index contributed by atoms with van der Waals surface area (Å²) in [7, 11) is 0. The van der Waals surface area contributed by atoms with Gasteiger partial charge >= 0.3 is 0 Å². The Morgan fingerprint density at radius 2 is 1.71 bits per heavy atom. The lowest BCUT2D eigenvalue weighted by molar-refractivity contribution is -0.133. The second kappa shape index (κ2) is 8.18. The summed E-state index contributed by atoms with van der Waals surface area (Å²) in [5.41, 5.74) is 1.27. The summed E-state index contributed by atoms with van der Waals surface area (Å²) in [4.78, 5) is 16.9. The zero-order valence-electron chi connectivity index (χ0n) is 13.4. The quantitative estimate of drug-likeness (QED) is 0.830. The number of rotatable bonds is 5. The van der Waals surface area contributed by atoms with E-state index in [0.29, 0.717) is 18.5 Å². The third-order valence-corrected chi connectivity index (χ3v) is 4.26. The second-order valence-corrected chi connectivity index (χ2v) is 6.28. The first-order valence-electron chi connectivity index (χ1n) is 8.22. The molecule has 1 aromatic carbocycles. The van der Waals surface area contributed by atoms with Gasteiger partial charge in [-0.2, -0.15) is 0 Å². The molecule has 0 N–H and O–H groups in total. The summed E-state index contributed by atoms with van der Waals surface area (Å²) in [6, 6.07) is 10.8. The van der Waals surface area contributed by atoms with Gasteiger partial charge in [0.05, 0.1) is 6.54 Å². The van der Waals surface area contributed by atoms with Gasteiger partial charge in [-0.1, -0.05) is 43.2 Å². The summed E-state index contributed by atoms with van der Waals surface area (Å²) >= 11 is 0. The highest BCUT2D eigenvalue weighted by Gasteiger charge is 2.20. The second-order valence-electron chi connectivity index (χ2n) is 6.28. The highest BCUT2D eigenvalue weighted by atomic mass is 16.2. The number of hydrogen-bond donors (Lipinski definition) is 0. The first kappa shape index (κ1) is 16.0. The van der Waals surface area contributed by atoms with Gasteiger partial charge in [0.15, 0.2) is 0 Å². The molecule has 1 fully saturated rings. The van der Waals surface area contributed by atoms with Crippen LogP contribution in [0, 0.1) is 0 Å². The molecular weight excluding hydrogens is 260 g/mol. The van der Waals surface area contributed by atoms with Gasteiger partial charge in [0.25, 0.3) is 0 Å². The maximum Gasteiger partial charge on any atom is 0.236 e. The van der Waals surface area contributed by atoms with Crippen LogP contribution in [-0.4, -0.2) is 41.4 Å². The lowest BCUT2D eigenvalue weighted by Crippen LogP contribution is -2.43. The summed E-state index contributed by atoms with van der Waals surface area (Å²) in [6.45, 7) is 7.59. The van der Waals surface area contributed by atoms with Crippen LogP contribution < -0.4 is 0 Å². The van der Waals surface area contributed by atoms with E-state index >= 15 is 0 Å². The van der Waals surface area contributed by atoms with Gasteiger partial charge < -0.3 is 4.90 Å². The topological polar surface area (TPSA) is 23.6 Å². The predicted octanol–water partition coefficient (Wildman–Crippen LogP) is 3.30. The molecule has 1 aliphatic rings. The number of carbonyl (C=O) groups is 1. The van der Waals surface area contributed by atoms with Crippen LogP contribution in [0.3, 0.4) is 0 Å². The molecule has 2 rings (SSSR count). The highest BCUT2D eigenvalue weighted by molar-refractivity contribution is 5.78. The van der Waals surface area contributed by atoms with Crippen molar-refractivity contribution in [3.63, 3.8) is 0 Å². The maximum atomic E-state index is 12.5. The fraction of sp³-hybridized carbons (Fsp3) is 0.611. The molecule has 3 nitrogen and oxygen atoms in total. The molecule has 1 aliphatic heterocycles. The number of nitrogens with zero attached hydrogens (tertiary/aromatic N) is 2. The Labute approximate surface area is 128 Å². The van der Waals surface area contributed by atoms with E-state index in [1.54, 1.807) is 0 Å². The monoisotopic (exact) mass is 288 g/mol. The molecule has 0 bridgehead atoms. The van der Waals surface area contributed by atoms with E-state index < -0.39 is 0 Å². The standard InChI is InChI=1S/C18H28N2O/c1-16(2)20(14-17-10-6-5-7-11-17)15-18(21)19-12-8-3-4-9-13-19/h5-7,10-11,16H,3-4,8-9,12-15H2,1-2H3. The van der Waals surface area contributed by atoms with Crippen LogP contribution >= 0.6 is 0 Å². The maximum absolute atomic E-state index is 12.5. The summed E-state index contributed by atoms with van der Waals surface area (Å²) in [5.74, 6) is 0.293. The molecule has 0 aliphatic carbocycles. The third kappa shape index (κ3) is 5.16. The van der Waals surface area contributed by atoms with Crippen molar-refractivity contribution in [3.8, 4) is 0 Å². The van der Waals surface area contributed by atoms with Crippen molar-refractivity contribution in [2.24, 2.45) is 0 Å². The number of carbonyl (C=O) groups excluding carboxylic acids is 1. The molecule has 1 heterocycles. The van der Waals surface area contributed by atoms with E-state index in [1.807, 2.05) is 6.07 Å². The SMILES string of the molecule is CC(C)N(CC(=O)N1CCCCCC1)Cc1ccccc1. The lowest BCUT2D eigenvalue weighted by Gasteiger charge is -2.29. The first-order valence-corrected chi connectivity index (χ1v) is 8.22. The minimum absolute atomic E-state index is 0.293. The number of amides is 1. The van der Waals surface area contributed by atoms with Crippen molar-refractivity contribution < 1.29 is 4.79 Å². The smallest absolute Gasteiger partial charge is 0.236 e. The van der Waals surface area contributed by atoms with Crippen LogP contribution in [0.2, 0.25) is 0 Å². The van der Waals surface area contributed by atoms with Gasteiger partial charge in [0.2, 0.25) is 5.91 Å². The van der Waals surface area contributed by atoms with E-state index in [-0.39, 0.29) is 0 Å². The molecule has 0 saturated carbocycles. The summed E-state index contributed by atoms with van der Waals surface area (Å²) in [6.07, 6.45) is 4.85. The zero-order chi connectivity index (χ0) is 15.1. The van der Waals surface area contributed by atoms with E-state index in [0.717, 1.165) is 32.5 Å². The van der Waals surface area contributed by atoms with Crippen LogP contribution in [0.15, 0.2) is 30.3 Å². The Balaban J connectivity index is 1.94. The van der Waals surface area contributed by atoms with Crippen molar-refractivity contribution in [1.82, 2.24) is 9.80 Å². The fourth-order valence-electron chi connectivity index (χ4n) is 2.83. The molecule has 116 valence electrons. The summed E-state index contributed by atoms with van der Waals surface area (Å²) < 4.78 is 0. The molecular formula is C18H28N2O. The minimum Gasteiger partial charge on any atom is -0.342 e. The number of benzene rings is 1. The van der Waals surface area contributed by atoms with Crippen molar-refractivity contribution in [2.75, 3.05) is 19.6 Å². The van der Waals surface area contributed by atoms with Crippen molar-refractivity contribution in [2.45, 2.75) is 52.1 Å². The molecule has 1 aromatic rings. The molecule has 0 unspecified atom stereocenters. The van der Waals surface area contributed by atoms with Crippen molar-refractivity contribution in [1.29, 1.82) is 0 Å². The van der Waals surface area contributed by atoms with Crippen LogP contribution in [-0.2, 0) is 11.3 Å². The lowest BCUT2D eigenvalue weighted by atomic mass is 10.2. The van der Waals surface area contributed by atoms with E-state index in [4.69, 9.17) is 0 Å². The zero-order valence-corrected chi connectivity index (χ0v) is 13.4. The molecule has 0 aromatic heterocycles. The average molecular weight is 288 g/mol. The highest BCUT2D eigenvalue weighted by Crippen LogP contribution is 2.12. The molecule has 1 amide bonds. The molecule has 0 atom stereocenters. The first-order chi connectivity index (χ1) is 10.2. The summed E-state index contributed by atoms with van der Waals surface area (Å²) in [5, 5.41) is 0. The Kier molecular flexibility index (Phi) is 6.24. The molecule has 0 radical (unpaired) electrons. The molecule has 0 spiro atoms. The largest absolute Gasteiger partial charge is 0.342 e. The average Bonchev–Trinajstić information content (AvgIpc) is 2.76. The Hall–Kier alpha value is -1.35. The van der Waals surface area contributed by atoms with Crippen LogP contribution in [0.1, 0.15) is 45.1 Å². The van der Waals surface area contributed by atoms with Gasteiger partial charge in [-0.15, -0.1) is 0 Å². The van der Waals surface area contributed by atoms with Gasteiger partial charge in [-0.3, -0.25) is 9.69 Å². The Morgan fingerprint density at radius 1 is 1.10 bits per heavy atom. The minimum atomic E-state index is 0.293. The third-order valence-electron chi connectivity index (χ3n) is 4.26. The van der Waals surface area contributed by atoms with Gasteiger partial charge in [0, 0.05) is 25.7 Å². The number of hydrogen-bond acceptors (Lipinski definition) is 2. The molecule has 21 heavy (non-hydrogen) atoms. The Morgan fingerprint density at radius 3 is 2.29 bits per heavy atom. The van der Waals surface area contributed by atoms with Gasteiger partial charge in [0.1, 0.15) is 0 Å². The van der Waals surface area contributed by atoms with E-state index in [1.165, 1.54) is 18.4 Å². The van der Waals surface area contributed by atoms with Crippen LogP contribution in [0.5, 0.6) is 0 Å². The van der Waals surface area contributed by atoms with Crippen molar-refractivity contribution in [3.05, 3.63) is 35.9 Å². The predicted molar refractivity (Wildman–Crippen MR) is 87.0 cm³/mol. The van der Waals surface area contributed by atoms with E-state index in [9.17, 15) is 4.79 Å².